The Labute approximate surface area is 117 Å². The van der Waals surface area contributed by atoms with Gasteiger partial charge in [0.05, 0.1) is 11.8 Å². The first-order chi connectivity index (χ1) is 9.06. The molecule has 1 aromatic heterocycles. The number of nitrogens with two attached hydrogens (primary N) is 1. The van der Waals surface area contributed by atoms with Crippen molar-refractivity contribution in [2.24, 2.45) is 5.73 Å². The van der Waals surface area contributed by atoms with Crippen LogP contribution in [0.2, 0.25) is 0 Å². The molecular formula is C14H16N4S. The van der Waals surface area contributed by atoms with Crippen LogP contribution >= 0.6 is 11.8 Å². The molecule has 0 saturated heterocycles. The number of hydrogen-bond acceptors (Lipinski definition) is 4. The van der Waals surface area contributed by atoms with E-state index < -0.39 is 0 Å². The molecule has 5 heteroatoms. The van der Waals surface area contributed by atoms with Gasteiger partial charge in [-0.2, -0.15) is 5.10 Å². The Morgan fingerprint density at radius 3 is 2.58 bits per heavy atom. The van der Waals surface area contributed by atoms with Gasteiger partial charge < -0.3 is 5.73 Å². The molecule has 0 spiro atoms. The number of thioether (sulfide) groups is 1. The van der Waals surface area contributed by atoms with Crippen LogP contribution in [0.5, 0.6) is 0 Å². The maximum Gasteiger partial charge on any atom is 0.130 e. The molecule has 0 aliphatic rings. The Balaban J connectivity index is 2.16. The Kier molecular flexibility index (Phi) is 4.16. The van der Waals surface area contributed by atoms with Gasteiger partial charge in [-0.3, -0.25) is 5.41 Å². The molecule has 1 aromatic carbocycles. The van der Waals surface area contributed by atoms with Crippen molar-refractivity contribution in [3.8, 4) is 0 Å². The van der Waals surface area contributed by atoms with Crippen LogP contribution in [-0.2, 0) is 5.75 Å². The van der Waals surface area contributed by atoms with Gasteiger partial charge in [0.25, 0.3) is 0 Å². The van der Waals surface area contributed by atoms with Gasteiger partial charge in [0.2, 0.25) is 0 Å². The maximum atomic E-state index is 7.52. The number of nitrogens with one attached hydrogen (secondary N) is 1. The van der Waals surface area contributed by atoms with Crippen LogP contribution in [0.25, 0.3) is 0 Å². The summed E-state index contributed by atoms with van der Waals surface area (Å²) in [4.78, 5) is 0. The molecule has 0 saturated carbocycles. The van der Waals surface area contributed by atoms with Gasteiger partial charge in [-0.05, 0) is 25.5 Å². The van der Waals surface area contributed by atoms with E-state index in [4.69, 9.17) is 11.1 Å². The Bertz CT molecular complexity index is 590. The number of amidine groups is 1. The quantitative estimate of drug-likeness (QED) is 0.509. The normalized spacial score (nSPS) is 10.4. The van der Waals surface area contributed by atoms with Crippen molar-refractivity contribution in [1.29, 1.82) is 5.41 Å². The summed E-state index contributed by atoms with van der Waals surface area (Å²) in [7, 11) is 0. The third-order valence-electron chi connectivity index (χ3n) is 2.63. The molecule has 4 nitrogen and oxygen atoms in total. The molecule has 19 heavy (non-hydrogen) atoms. The highest BCUT2D eigenvalue weighted by Crippen LogP contribution is 2.24. The van der Waals surface area contributed by atoms with E-state index in [-0.39, 0.29) is 5.84 Å². The minimum atomic E-state index is 0.0258. The summed E-state index contributed by atoms with van der Waals surface area (Å²) in [6.45, 7) is 4.18. The first kappa shape index (κ1) is 13.5. The summed E-state index contributed by atoms with van der Waals surface area (Å²) < 4.78 is 0. The lowest BCUT2D eigenvalue weighted by atomic mass is 10.1. The third kappa shape index (κ3) is 3.54. The highest BCUT2D eigenvalue weighted by atomic mass is 32.2. The molecular weight excluding hydrogens is 256 g/mol. The first-order valence-corrected chi connectivity index (χ1v) is 6.91. The van der Waals surface area contributed by atoms with Crippen LogP contribution in [0.4, 0.5) is 0 Å². The third-order valence-corrected chi connectivity index (χ3v) is 3.69. The van der Waals surface area contributed by atoms with Crippen molar-refractivity contribution in [2.45, 2.75) is 24.6 Å². The second kappa shape index (κ2) is 5.84. The molecule has 0 amide bonds. The van der Waals surface area contributed by atoms with Gasteiger partial charge in [-0.15, -0.1) is 5.10 Å². The van der Waals surface area contributed by atoms with Crippen LogP contribution in [0.1, 0.15) is 22.3 Å². The average molecular weight is 272 g/mol. The highest BCUT2D eigenvalue weighted by Gasteiger charge is 2.08. The van der Waals surface area contributed by atoms with E-state index in [0.717, 1.165) is 5.75 Å². The molecule has 98 valence electrons. The molecule has 0 atom stereocenters. The van der Waals surface area contributed by atoms with Crippen molar-refractivity contribution in [1.82, 2.24) is 10.2 Å². The highest BCUT2D eigenvalue weighted by molar-refractivity contribution is 7.98. The Morgan fingerprint density at radius 2 is 1.95 bits per heavy atom. The summed E-state index contributed by atoms with van der Waals surface area (Å²) >= 11 is 1.55. The lowest BCUT2D eigenvalue weighted by molar-refractivity contribution is 0.920. The molecule has 0 radical (unpaired) electrons. The van der Waals surface area contributed by atoms with Crippen LogP contribution in [0.3, 0.4) is 0 Å². The monoisotopic (exact) mass is 272 g/mol. The molecule has 0 fully saturated rings. The SMILES string of the molecule is Cc1cc(C)cc(CSc2nnccc2C(=N)N)c1. The fraction of sp³-hybridized carbons (Fsp3) is 0.214. The lowest BCUT2D eigenvalue weighted by Gasteiger charge is -2.07. The maximum absolute atomic E-state index is 7.52. The van der Waals surface area contributed by atoms with E-state index >= 15 is 0 Å². The molecule has 0 unspecified atom stereocenters. The number of aryl methyl sites for hydroxylation is 2. The Morgan fingerprint density at radius 1 is 1.26 bits per heavy atom. The molecule has 0 bridgehead atoms. The summed E-state index contributed by atoms with van der Waals surface area (Å²) in [5.74, 6) is 0.819. The summed E-state index contributed by atoms with van der Waals surface area (Å²) in [6.07, 6.45) is 1.55. The molecule has 2 rings (SSSR count). The fourth-order valence-electron chi connectivity index (χ4n) is 1.93. The van der Waals surface area contributed by atoms with E-state index in [1.165, 1.54) is 16.7 Å². The van der Waals surface area contributed by atoms with Crippen molar-refractivity contribution in [3.05, 3.63) is 52.7 Å². The zero-order valence-electron chi connectivity index (χ0n) is 11.0. The van der Waals surface area contributed by atoms with E-state index in [9.17, 15) is 0 Å². The van der Waals surface area contributed by atoms with Gasteiger partial charge in [-0.1, -0.05) is 41.1 Å². The fourth-order valence-corrected chi connectivity index (χ4v) is 2.84. The minimum Gasteiger partial charge on any atom is -0.384 e. The minimum absolute atomic E-state index is 0.0258. The predicted molar refractivity (Wildman–Crippen MR) is 78.5 cm³/mol. The zero-order chi connectivity index (χ0) is 13.8. The average Bonchev–Trinajstić information content (AvgIpc) is 2.35. The standard InChI is InChI=1S/C14H16N4S/c1-9-5-10(2)7-11(6-9)8-19-14-12(13(15)16)3-4-17-18-14/h3-7H,8H2,1-2H3,(H3,15,16). The van der Waals surface area contributed by atoms with E-state index in [2.05, 4.69) is 42.2 Å². The number of nitrogens with zero attached hydrogens (tertiary/aromatic N) is 2. The lowest BCUT2D eigenvalue weighted by Crippen LogP contribution is -2.13. The van der Waals surface area contributed by atoms with Crippen molar-refractivity contribution >= 4 is 17.6 Å². The number of rotatable bonds is 4. The topological polar surface area (TPSA) is 75.7 Å². The van der Waals surface area contributed by atoms with Crippen LogP contribution < -0.4 is 5.73 Å². The van der Waals surface area contributed by atoms with E-state index in [1.54, 1.807) is 24.0 Å². The molecule has 3 N–H and O–H groups in total. The number of hydrogen-bond donors (Lipinski definition) is 2. The zero-order valence-corrected chi connectivity index (χ0v) is 11.8. The largest absolute Gasteiger partial charge is 0.384 e. The van der Waals surface area contributed by atoms with E-state index in [0.29, 0.717) is 10.6 Å². The molecule has 1 heterocycles. The van der Waals surface area contributed by atoms with Crippen LogP contribution in [0, 0.1) is 19.3 Å². The number of nitrogen functional groups attached to an aromatic ring is 1. The van der Waals surface area contributed by atoms with Gasteiger partial charge >= 0.3 is 0 Å². The van der Waals surface area contributed by atoms with Crippen LogP contribution in [-0.4, -0.2) is 16.0 Å². The summed E-state index contributed by atoms with van der Waals surface area (Å²) in [5, 5.41) is 16.1. The van der Waals surface area contributed by atoms with Crippen molar-refractivity contribution < 1.29 is 0 Å². The summed E-state index contributed by atoms with van der Waals surface area (Å²) in [6, 6.07) is 8.18. The van der Waals surface area contributed by atoms with Crippen molar-refractivity contribution in [2.75, 3.05) is 0 Å². The number of benzene rings is 1. The smallest absolute Gasteiger partial charge is 0.130 e. The molecule has 0 aliphatic heterocycles. The van der Waals surface area contributed by atoms with Crippen LogP contribution in [0.15, 0.2) is 35.5 Å². The first-order valence-electron chi connectivity index (χ1n) is 5.92. The van der Waals surface area contributed by atoms with Crippen molar-refractivity contribution in [3.63, 3.8) is 0 Å². The van der Waals surface area contributed by atoms with Gasteiger partial charge in [-0.25, -0.2) is 0 Å². The summed E-state index contributed by atoms with van der Waals surface area (Å²) in [5.41, 5.74) is 9.92. The molecule has 0 aliphatic carbocycles. The van der Waals surface area contributed by atoms with E-state index in [1.807, 2.05) is 0 Å². The Hall–Kier alpha value is -1.88. The van der Waals surface area contributed by atoms with Gasteiger partial charge in [0, 0.05) is 5.75 Å². The number of aromatic nitrogens is 2. The predicted octanol–water partition coefficient (Wildman–Crippen LogP) is 2.67. The van der Waals surface area contributed by atoms with Gasteiger partial charge in [0.15, 0.2) is 0 Å². The molecule has 2 aromatic rings. The second-order valence-electron chi connectivity index (χ2n) is 4.45. The second-order valence-corrected chi connectivity index (χ2v) is 5.41. The van der Waals surface area contributed by atoms with Gasteiger partial charge in [0.1, 0.15) is 10.9 Å².